The molecule has 1 unspecified atom stereocenters. The minimum Gasteiger partial charge on any atom is -0.394 e. The Bertz CT molecular complexity index is 1390. The van der Waals surface area contributed by atoms with Gasteiger partial charge in [-0.05, 0) is 57.2 Å². The molecule has 4 N–H and O–H groups in total. The predicted molar refractivity (Wildman–Crippen MR) is 139 cm³/mol. The van der Waals surface area contributed by atoms with Crippen LogP contribution < -0.4 is 0 Å². The lowest BCUT2D eigenvalue weighted by Gasteiger charge is -2.08. The molecule has 14 heteroatoms. The number of aliphatic hydroxyl groups excluding tert-OH is 2. The van der Waals surface area contributed by atoms with Crippen molar-refractivity contribution >= 4 is 30.4 Å². The van der Waals surface area contributed by atoms with Crippen molar-refractivity contribution in [3.63, 3.8) is 0 Å². The van der Waals surface area contributed by atoms with Crippen LogP contribution in [-0.2, 0) is 34.5 Å². The molecule has 11 nitrogen and oxygen atoms in total. The van der Waals surface area contributed by atoms with Crippen molar-refractivity contribution in [2.45, 2.75) is 41.6 Å². The van der Waals surface area contributed by atoms with Crippen LogP contribution in [0, 0.1) is 20.8 Å². The third-order valence-corrected chi connectivity index (χ3v) is 7.61. The molecule has 0 heterocycles. The van der Waals surface area contributed by atoms with Gasteiger partial charge in [-0.15, -0.1) is 0 Å². The Hall–Kier alpha value is -2.69. The van der Waals surface area contributed by atoms with Crippen LogP contribution in [0.15, 0.2) is 87.5 Å². The molecule has 0 bridgehead atoms. The Morgan fingerprint density at radius 1 is 0.605 bits per heavy atom. The van der Waals surface area contributed by atoms with E-state index in [1.54, 1.807) is 36.4 Å². The van der Waals surface area contributed by atoms with Gasteiger partial charge >= 0.3 is 0 Å². The Labute approximate surface area is 223 Å². The molecule has 0 aliphatic rings. The maximum absolute atomic E-state index is 11.5. The van der Waals surface area contributed by atoms with Crippen molar-refractivity contribution < 1.29 is 48.8 Å². The van der Waals surface area contributed by atoms with Crippen LogP contribution in [0.25, 0.3) is 0 Å². The lowest BCUT2D eigenvalue weighted by Crippen LogP contribution is -2.22. The Morgan fingerprint density at radius 2 is 0.895 bits per heavy atom. The van der Waals surface area contributed by atoms with E-state index in [2.05, 4.69) is 4.18 Å². The quantitative estimate of drug-likeness (QED) is 0.233. The summed E-state index contributed by atoms with van der Waals surface area (Å²) >= 11 is 0. The molecule has 0 amide bonds. The molecule has 0 spiro atoms. The first kappa shape index (κ1) is 33.3. The van der Waals surface area contributed by atoms with E-state index in [0.717, 1.165) is 16.7 Å². The first-order valence-corrected chi connectivity index (χ1v) is 15.1. The average Bonchev–Trinajstić information content (AvgIpc) is 2.83. The van der Waals surface area contributed by atoms with Crippen molar-refractivity contribution in [3.05, 3.63) is 89.5 Å². The van der Waals surface area contributed by atoms with Gasteiger partial charge < -0.3 is 10.2 Å². The van der Waals surface area contributed by atoms with Crippen LogP contribution in [0.1, 0.15) is 16.7 Å². The Balaban J connectivity index is 0.000000293. The summed E-state index contributed by atoms with van der Waals surface area (Å²) in [7, 11) is -11.9. The summed E-state index contributed by atoms with van der Waals surface area (Å²) in [6, 6.07) is 18.1. The van der Waals surface area contributed by atoms with E-state index in [0.29, 0.717) is 0 Å². The van der Waals surface area contributed by atoms with E-state index in [-0.39, 0.29) is 14.7 Å². The highest BCUT2D eigenvalue weighted by Crippen LogP contribution is 2.13. The zero-order valence-corrected chi connectivity index (χ0v) is 23.2. The Morgan fingerprint density at radius 3 is 1.16 bits per heavy atom. The average molecular weight is 591 g/mol. The summed E-state index contributed by atoms with van der Waals surface area (Å²) in [5, 5.41) is 17.5. The summed E-state index contributed by atoms with van der Waals surface area (Å²) in [5.74, 6) is 0. The number of benzene rings is 3. The lowest BCUT2D eigenvalue weighted by atomic mass is 10.2. The Kier molecular flexibility index (Phi) is 12.7. The van der Waals surface area contributed by atoms with Gasteiger partial charge in [-0.1, -0.05) is 53.1 Å². The molecule has 1 atom stereocenters. The fraction of sp³-hybridized carbons (Fsp3) is 0.250. The highest BCUT2D eigenvalue weighted by Gasteiger charge is 2.16. The fourth-order valence-corrected chi connectivity index (χ4v) is 4.32. The van der Waals surface area contributed by atoms with E-state index in [4.69, 9.17) is 19.3 Å². The monoisotopic (exact) mass is 590 g/mol. The molecule has 0 aliphatic carbocycles. The van der Waals surface area contributed by atoms with Gasteiger partial charge in [0.05, 0.1) is 27.9 Å². The van der Waals surface area contributed by atoms with Gasteiger partial charge in [0.25, 0.3) is 30.4 Å². The summed E-state index contributed by atoms with van der Waals surface area (Å²) in [4.78, 5) is -0.102. The van der Waals surface area contributed by atoms with E-state index in [9.17, 15) is 25.3 Å². The van der Waals surface area contributed by atoms with Gasteiger partial charge in [-0.25, -0.2) is 0 Å². The second-order valence-electron chi connectivity index (χ2n) is 7.96. The van der Waals surface area contributed by atoms with Crippen LogP contribution in [0.5, 0.6) is 0 Å². The standard InChI is InChI=1S/C10H14O5S.2C7H8O3S/c1-8-2-4-10(5-3-8)16(13,14)15-7-9(12)6-11;2*1-6-2-4-7(5-3-6)11(8,9)10/h2-5,9,11-12H,6-7H2,1H3;2*2-5H,1H3,(H,8,9,10). The summed E-state index contributed by atoms with van der Waals surface area (Å²) in [6.45, 7) is 4.53. The highest BCUT2D eigenvalue weighted by molar-refractivity contribution is 7.87. The van der Waals surface area contributed by atoms with Crippen molar-refractivity contribution in [2.75, 3.05) is 13.2 Å². The molecule has 0 fully saturated rings. The zero-order valence-electron chi connectivity index (χ0n) is 20.8. The van der Waals surface area contributed by atoms with Gasteiger partial charge in [0.2, 0.25) is 0 Å². The number of rotatable bonds is 7. The van der Waals surface area contributed by atoms with Gasteiger partial charge in [0.15, 0.2) is 0 Å². The maximum atomic E-state index is 11.5. The smallest absolute Gasteiger partial charge is 0.297 e. The van der Waals surface area contributed by atoms with Gasteiger partial charge in [-0.2, -0.15) is 25.3 Å². The van der Waals surface area contributed by atoms with E-state index in [1.807, 2.05) is 20.8 Å². The zero-order chi connectivity index (χ0) is 29.1. The van der Waals surface area contributed by atoms with E-state index in [1.165, 1.54) is 36.4 Å². The number of aryl methyl sites for hydroxylation is 3. The summed E-state index contributed by atoms with van der Waals surface area (Å²) in [5.41, 5.74) is 2.85. The molecule has 0 aromatic heterocycles. The van der Waals surface area contributed by atoms with Crippen LogP contribution >= 0.6 is 0 Å². The number of hydrogen-bond donors (Lipinski definition) is 4. The van der Waals surface area contributed by atoms with Crippen molar-refractivity contribution in [2.24, 2.45) is 0 Å². The van der Waals surface area contributed by atoms with Crippen molar-refractivity contribution in [1.82, 2.24) is 0 Å². The number of hydrogen-bond acceptors (Lipinski definition) is 9. The molecule has 0 radical (unpaired) electrons. The second-order valence-corrected chi connectivity index (χ2v) is 12.4. The van der Waals surface area contributed by atoms with Crippen LogP contribution in [0.4, 0.5) is 0 Å². The molecule has 0 saturated heterocycles. The van der Waals surface area contributed by atoms with Crippen LogP contribution in [-0.4, -0.2) is 63.9 Å². The molecule has 0 aliphatic heterocycles. The molecule has 210 valence electrons. The topological polar surface area (TPSA) is 193 Å². The highest BCUT2D eigenvalue weighted by atomic mass is 32.2. The largest absolute Gasteiger partial charge is 0.394 e. The predicted octanol–water partition coefficient (Wildman–Crippen LogP) is 2.54. The van der Waals surface area contributed by atoms with Crippen LogP contribution in [0.2, 0.25) is 0 Å². The minimum atomic E-state index is -4.02. The minimum absolute atomic E-state index is 0.0308. The molecule has 3 aromatic rings. The van der Waals surface area contributed by atoms with Crippen molar-refractivity contribution in [1.29, 1.82) is 0 Å². The normalized spacial score (nSPS) is 12.4. The lowest BCUT2D eigenvalue weighted by molar-refractivity contribution is 0.0557. The molecule has 3 rings (SSSR count). The van der Waals surface area contributed by atoms with Crippen LogP contribution in [0.3, 0.4) is 0 Å². The first-order chi connectivity index (χ1) is 17.5. The molecular formula is C24H30O11S3. The molecule has 38 heavy (non-hydrogen) atoms. The number of aliphatic hydroxyl groups is 2. The molecular weight excluding hydrogens is 560 g/mol. The maximum Gasteiger partial charge on any atom is 0.297 e. The van der Waals surface area contributed by atoms with E-state index >= 15 is 0 Å². The third-order valence-electron chi connectivity index (χ3n) is 4.57. The van der Waals surface area contributed by atoms with E-state index < -0.39 is 49.7 Å². The third kappa shape index (κ3) is 12.2. The van der Waals surface area contributed by atoms with Crippen molar-refractivity contribution in [3.8, 4) is 0 Å². The summed E-state index contributed by atoms with van der Waals surface area (Å²) in [6.07, 6.45) is -1.19. The van der Waals surface area contributed by atoms with Gasteiger partial charge in [0, 0.05) is 0 Å². The van der Waals surface area contributed by atoms with Gasteiger partial charge in [0.1, 0.15) is 6.10 Å². The molecule has 3 aromatic carbocycles. The molecule has 0 saturated carbocycles. The summed E-state index contributed by atoms with van der Waals surface area (Å²) < 4.78 is 86.8. The fourth-order valence-electron chi connectivity index (χ4n) is 2.41. The van der Waals surface area contributed by atoms with Gasteiger partial charge in [-0.3, -0.25) is 13.3 Å². The second kappa shape index (κ2) is 14.5. The first-order valence-electron chi connectivity index (χ1n) is 10.8. The SMILES string of the molecule is Cc1ccc(S(=O)(=O)O)cc1.Cc1ccc(S(=O)(=O)O)cc1.Cc1ccc(S(=O)(=O)OCC(O)CO)cc1.